The first-order chi connectivity index (χ1) is 62.4. The van der Waals surface area contributed by atoms with Gasteiger partial charge in [-0.1, -0.05) is 273 Å². The lowest BCUT2D eigenvalue weighted by Crippen LogP contribution is -2.00. The Morgan fingerprint density at radius 1 is 0.135 bits per heavy atom. The zero-order valence-corrected chi connectivity index (χ0v) is 67.5. The molecule has 8 heterocycles. The number of hydrogen-bond donors (Lipinski definition) is 0. The van der Waals surface area contributed by atoms with Crippen LogP contribution in [0.25, 0.3) is 256 Å². The third-order valence-electron chi connectivity index (χ3n) is 25.2. The number of fused-ring (bicyclic) bond motifs is 18. The number of furan rings is 2. The second-order valence-corrected chi connectivity index (χ2v) is 32.5. The van der Waals surface area contributed by atoms with Crippen molar-refractivity contribution < 1.29 is 8.83 Å². The minimum Gasteiger partial charge on any atom is -0.456 e. The van der Waals surface area contributed by atoms with Gasteiger partial charge in [0.05, 0.1) is 44.1 Å². The SMILES string of the molecule is c1ccc(-c2nc(-c3ccccc3)nc(-c3ccc(-c4ccc(-n5c6ccccc6c6cc(-n7c8ccccc8c8cc9oc%10cc(-c%11cccc(-c%12nc(-c%13ccccc%13)nc(-c%13cccc(-c%14cccc(-n%15c%16ccccc%16c%16cc(-n%17c%18ccccc%18c%18cc%19oc%20ccccc%20c%19cc%18%17)ccc%16%15)c%14)c%13)n%12)c%11)ccc%10c9cc87)ccc65)cc4)cc3)n2)cc1. The van der Waals surface area contributed by atoms with E-state index in [-0.39, 0.29) is 0 Å². The van der Waals surface area contributed by atoms with Crippen LogP contribution < -0.4 is 0 Å². The molecule has 126 heavy (non-hydrogen) atoms. The Kier molecular flexibility index (Phi) is 15.8. The first kappa shape index (κ1) is 70.6. The smallest absolute Gasteiger partial charge is 0.164 e. The van der Waals surface area contributed by atoms with Gasteiger partial charge in [0.2, 0.25) is 0 Å². The molecule has 0 saturated carbocycles. The molecular weight excluding hydrogens is 1540 g/mol. The van der Waals surface area contributed by atoms with Crippen molar-refractivity contribution in [3.8, 4) is 124 Å². The molecule has 0 radical (unpaired) electrons. The molecule has 0 N–H and O–H groups in total. The lowest BCUT2D eigenvalue weighted by atomic mass is 10.0. The summed E-state index contributed by atoms with van der Waals surface area (Å²) in [5.41, 5.74) is 28.4. The van der Waals surface area contributed by atoms with Gasteiger partial charge in [0.1, 0.15) is 22.3 Å². The largest absolute Gasteiger partial charge is 0.456 e. The molecule has 18 aromatic carbocycles. The molecule has 26 aromatic rings. The molecule has 0 bridgehead atoms. The molecule has 8 aromatic heterocycles. The summed E-state index contributed by atoms with van der Waals surface area (Å²) in [7, 11) is 0. The van der Waals surface area contributed by atoms with Gasteiger partial charge in [0.15, 0.2) is 34.9 Å². The molecule has 0 amide bonds. The van der Waals surface area contributed by atoms with Crippen LogP contribution in [0.5, 0.6) is 0 Å². The van der Waals surface area contributed by atoms with Crippen LogP contribution in [0.4, 0.5) is 0 Å². The van der Waals surface area contributed by atoms with Crippen LogP contribution in [0.15, 0.2) is 421 Å². The Hall–Kier alpha value is -17.2. The summed E-state index contributed by atoms with van der Waals surface area (Å²) in [4.78, 5) is 30.7. The fourth-order valence-electron chi connectivity index (χ4n) is 19.3. The van der Waals surface area contributed by atoms with Crippen molar-refractivity contribution in [2.24, 2.45) is 0 Å². The quantitative estimate of drug-likeness (QED) is 0.112. The van der Waals surface area contributed by atoms with Crippen molar-refractivity contribution in [3.63, 3.8) is 0 Å². The van der Waals surface area contributed by atoms with Crippen LogP contribution in [-0.4, -0.2) is 48.2 Å². The Morgan fingerprint density at radius 2 is 0.421 bits per heavy atom. The first-order valence-electron chi connectivity index (χ1n) is 42.4. The molecule has 0 aliphatic carbocycles. The Bertz CT molecular complexity index is 8910. The van der Waals surface area contributed by atoms with Crippen molar-refractivity contribution >= 4 is 131 Å². The molecule has 12 heteroatoms. The first-order valence-corrected chi connectivity index (χ1v) is 42.4. The van der Waals surface area contributed by atoms with E-state index in [2.05, 4.69) is 340 Å². The predicted molar refractivity (Wildman–Crippen MR) is 514 cm³/mol. The molecule has 12 nitrogen and oxygen atoms in total. The Labute approximate surface area is 720 Å². The highest BCUT2D eigenvalue weighted by atomic mass is 16.3. The highest BCUT2D eigenvalue weighted by Crippen LogP contribution is 2.46. The molecule has 0 aliphatic heterocycles. The molecule has 0 saturated heterocycles. The van der Waals surface area contributed by atoms with Gasteiger partial charge in [-0.25, -0.2) is 29.9 Å². The Morgan fingerprint density at radius 3 is 0.889 bits per heavy atom. The maximum absolute atomic E-state index is 6.97. The van der Waals surface area contributed by atoms with Crippen molar-refractivity contribution in [1.82, 2.24) is 48.2 Å². The van der Waals surface area contributed by atoms with Crippen LogP contribution in [0, 0.1) is 0 Å². The molecule has 0 spiro atoms. The van der Waals surface area contributed by atoms with Gasteiger partial charge in [0.25, 0.3) is 0 Å². The van der Waals surface area contributed by atoms with Crippen molar-refractivity contribution in [2.45, 2.75) is 0 Å². The highest BCUT2D eigenvalue weighted by molar-refractivity contribution is 6.20. The van der Waals surface area contributed by atoms with Gasteiger partial charge in [-0.05, 0) is 173 Å². The molecule has 26 rings (SSSR count). The summed E-state index contributed by atoms with van der Waals surface area (Å²) < 4.78 is 23.0. The van der Waals surface area contributed by atoms with Crippen LogP contribution >= 0.6 is 0 Å². The van der Waals surface area contributed by atoms with Gasteiger partial charge >= 0.3 is 0 Å². The van der Waals surface area contributed by atoms with Gasteiger partial charge in [-0.15, -0.1) is 0 Å². The molecule has 0 unspecified atom stereocenters. The Balaban J connectivity index is 0.508. The third-order valence-corrected chi connectivity index (χ3v) is 25.2. The van der Waals surface area contributed by atoms with E-state index >= 15 is 0 Å². The van der Waals surface area contributed by atoms with E-state index in [9.17, 15) is 0 Å². The van der Waals surface area contributed by atoms with E-state index in [4.69, 9.17) is 38.7 Å². The maximum atomic E-state index is 6.97. The summed E-state index contributed by atoms with van der Waals surface area (Å²) in [6, 6.07) is 146. The lowest BCUT2D eigenvalue weighted by molar-refractivity contribution is 0.669. The summed E-state index contributed by atoms with van der Waals surface area (Å²) in [5, 5.41) is 13.6. The van der Waals surface area contributed by atoms with E-state index in [1.165, 1.54) is 21.5 Å². The summed E-state index contributed by atoms with van der Waals surface area (Å²) in [6.45, 7) is 0. The summed E-state index contributed by atoms with van der Waals surface area (Å²) >= 11 is 0. The van der Waals surface area contributed by atoms with E-state index in [1.807, 2.05) is 91.0 Å². The maximum Gasteiger partial charge on any atom is 0.164 e. The van der Waals surface area contributed by atoms with Crippen LogP contribution in [0.1, 0.15) is 0 Å². The average molecular weight is 1610 g/mol. The number of hydrogen-bond acceptors (Lipinski definition) is 8. The van der Waals surface area contributed by atoms with E-state index in [1.54, 1.807) is 0 Å². The topological polar surface area (TPSA) is 123 Å². The van der Waals surface area contributed by atoms with Gasteiger partial charge in [0, 0.05) is 121 Å². The average Bonchev–Trinajstić information content (AvgIpc) is 1.56. The molecule has 0 aliphatic rings. The lowest BCUT2D eigenvalue weighted by Gasteiger charge is -2.13. The standard InChI is InChI=1S/C114H68N10O2/c1-4-23-71(24-5-1)109-115-110(72-25-6-2-7-26-72)117-112(116-109)74-47-45-69(46-48-74)70-49-52-81(53-50-70)121-97-40-15-10-35-85(97)91-63-83(54-57-101(91)121)124-100-43-18-13-38-88(100)94-68-108-96(66-104(94)124)90-56-51-78(62-106(90)126-108)76-30-21-33-80(60-76)114-119-111(73-27-8-3-9-28-73)118-113(120-114)79-32-20-29-75(59-79)77-31-22-34-82(61-77)122-98-41-16-11-36-86(98)92-64-84(55-58-102(92)122)123-99-42-17-12-37-87(99)93-67-107-95(65-103(93)123)89-39-14-19-44-105(89)125-107/h1-68H. The number of aromatic nitrogens is 10. The summed E-state index contributed by atoms with van der Waals surface area (Å²) in [5.74, 6) is 3.62. The van der Waals surface area contributed by atoms with Gasteiger partial charge < -0.3 is 27.1 Å². The number of rotatable bonds is 13. The van der Waals surface area contributed by atoms with E-state index in [0.717, 1.165) is 199 Å². The van der Waals surface area contributed by atoms with Crippen LogP contribution in [0.2, 0.25) is 0 Å². The van der Waals surface area contributed by atoms with Crippen molar-refractivity contribution in [3.05, 3.63) is 413 Å². The molecule has 0 atom stereocenters. The minimum atomic E-state index is 0.568. The van der Waals surface area contributed by atoms with Crippen LogP contribution in [-0.2, 0) is 0 Å². The van der Waals surface area contributed by atoms with Crippen molar-refractivity contribution in [1.29, 1.82) is 0 Å². The summed E-state index contributed by atoms with van der Waals surface area (Å²) in [6.07, 6.45) is 0. The normalized spacial score (nSPS) is 12.0. The monoisotopic (exact) mass is 1610 g/mol. The highest BCUT2D eigenvalue weighted by Gasteiger charge is 2.25. The number of para-hydroxylation sites is 5. The second-order valence-electron chi connectivity index (χ2n) is 32.5. The zero-order valence-electron chi connectivity index (χ0n) is 67.5. The van der Waals surface area contributed by atoms with E-state index < -0.39 is 0 Å². The third kappa shape index (κ3) is 11.5. The minimum absolute atomic E-state index is 0.568. The predicted octanol–water partition coefficient (Wildman–Crippen LogP) is 29.2. The fourth-order valence-corrected chi connectivity index (χ4v) is 19.3. The van der Waals surface area contributed by atoms with Crippen LogP contribution in [0.3, 0.4) is 0 Å². The second kappa shape index (κ2) is 28.2. The number of benzene rings is 18. The van der Waals surface area contributed by atoms with Crippen molar-refractivity contribution in [2.75, 3.05) is 0 Å². The van der Waals surface area contributed by atoms with E-state index in [0.29, 0.717) is 34.9 Å². The molecular formula is C114H68N10O2. The van der Waals surface area contributed by atoms with Gasteiger partial charge in [-0.2, -0.15) is 0 Å². The molecule has 0 fully saturated rings. The molecule has 586 valence electrons. The zero-order chi connectivity index (χ0) is 82.6. The fraction of sp³-hybridized carbons (Fsp3) is 0. The van der Waals surface area contributed by atoms with Gasteiger partial charge in [-0.3, -0.25) is 0 Å². The number of nitrogens with zero attached hydrogens (tertiary/aromatic N) is 10.